The molecule has 0 aliphatic rings. The Morgan fingerprint density at radius 3 is 2.58 bits per heavy atom. The molecule has 1 heterocycles. The molecule has 0 unspecified atom stereocenters. The minimum atomic E-state index is -0.936. The third-order valence-corrected chi connectivity index (χ3v) is 4.49. The number of carbonyl (C=O) groups is 2. The number of thiazole rings is 1. The monoisotopic (exact) mass is 373 g/mol. The second kappa shape index (κ2) is 8.62. The summed E-state index contributed by atoms with van der Waals surface area (Å²) in [7, 11) is 0. The number of hydrogen-bond acceptors (Lipinski definition) is 6. The molecule has 1 aromatic carbocycles. The van der Waals surface area contributed by atoms with Crippen LogP contribution in [-0.4, -0.2) is 29.5 Å². The summed E-state index contributed by atoms with van der Waals surface area (Å²) in [6.07, 6.45) is 0.759. The molecule has 6 nitrogen and oxygen atoms in total. The van der Waals surface area contributed by atoms with Crippen LogP contribution in [0.3, 0.4) is 0 Å². The lowest BCUT2D eigenvalue weighted by molar-refractivity contribution is -0.123. The highest BCUT2D eigenvalue weighted by molar-refractivity contribution is 7.13. The molecule has 0 spiro atoms. The summed E-state index contributed by atoms with van der Waals surface area (Å²) in [6, 6.07) is 3.98. The first-order valence-corrected chi connectivity index (χ1v) is 9.09. The van der Waals surface area contributed by atoms with E-state index in [0.717, 1.165) is 22.4 Å². The van der Waals surface area contributed by atoms with Crippen LogP contribution in [0.2, 0.25) is 0 Å². The van der Waals surface area contributed by atoms with Crippen molar-refractivity contribution in [1.29, 1.82) is 0 Å². The van der Waals surface area contributed by atoms with E-state index in [2.05, 4.69) is 22.2 Å². The molecule has 138 valence electrons. The highest BCUT2D eigenvalue weighted by Crippen LogP contribution is 2.22. The Morgan fingerprint density at radius 2 is 1.96 bits per heavy atom. The zero-order chi connectivity index (χ0) is 19.3. The second-order valence-corrected chi connectivity index (χ2v) is 6.88. The molecule has 2 rings (SSSR count). The Bertz CT molecular complexity index is 806. The van der Waals surface area contributed by atoms with E-state index in [9.17, 15) is 9.59 Å². The number of ether oxygens (including phenoxy) is 1. The average molecular weight is 373 g/mol. The molecule has 0 aliphatic carbocycles. The van der Waals surface area contributed by atoms with Crippen molar-refractivity contribution in [3.8, 4) is 0 Å². The van der Waals surface area contributed by atoms with Crippen LogP contribution in [0.15, 0.2) is 30.2 Å². The van der Waals surface area contributed by atoms with Gasteiger partial charge in [0.1, 0.15) is 0 Å². The van der Waals surface area contributed by atoms with E-state index in [1.165, 1.54) is 18.3 Å². The topological polar surface area (TPSA) is 80.3 Å². The highest BCUT2D eigenvalue weighted by atomic mass is 32.1. The molecule has 26 heavy (non-hydrogen) atoms. The van der Waals surface area contributed by atoms with Gasteiger partial charge in [0.05, 0.1) is 0 Å². The predicted octanol–water partition coefficient (Wildman–Crippen LogP) is 3.85. The Hall–Kier alpha value is -2.67. The largest absolute Gasteiger partial charge is 0.448 e. The summed E-state index contributed by atoms with van der Waals surface area (Å²) >= 11 is 1.29. The van der Waals surface area contributed by atoms with Gasteiger partial charge in [-0.3, -0.25) is 4.79 Å². The van der Waals surface area contributed by atoms with Gasteiger partial charge in [0.2, 0.25) is 0 Å². The number of esters is 1. The molecule has 2 N–H and O–H groups in total. The molecule has 0 radical (unpaired) electrons. The zero-order valence-electron chi connectivity index (χ0n) is 15.4. The van der Waals surface area contributed by atoms with Crippen molar-refractivity contribution in [3.63, 3.8) is 0 Å². The first-order valence-electron chi connectivity index (χ1n) is 8.21. The molecule has 1 atom stereocenters. The van der Waals surface area contributed by atoms with Gasteiger partial charge < -0.3 is 15.4 Å². The third-order valence-electron chi connectivity index (χ3n) is 3.69. The van der Waals surface area contributed by atoms with Gasteiger partial charge >= 0.3 is 5.97 Å². The van der Waals surface area contributed by atoms with Gasteiger partial charge in [0, 0.05) is 17.6 Å². The van der Waals surface area contributed by atoms with E-state index >= 15 is 0 Å². The van der Waals surface area contributed by atoms with Crippen molar-refractivity contribution >= 4 is 34.0 Å². The molecule has 1 aromatic heterocycles. The van der Waals surface area contributed by atoms with Crippen molar-refractivity contribution in [3.05, 3.63) is 52.6 Å². The number of amides is 1. The Labute approximate surface area is 157 Å². The highest BCUT2D eigenvalue weighted by Gasteiger charge is 2.22. The molecule has 0 aliphatic heterocycles. The van der Waals surface area contributed by atoms with Crippen LogP contribution in [-0.2, 0) is 9.53 Å². The van der Waals surface area contributed by atoms with Gasteiger partial charge in [-0.1, -0.05) is 23.8 Å². The van der Waals surface area contributed by atoms with E-state index in [4.69, 9.17) is 4.74 Å². The fourth-order valence-corrected chi connectivity index (χ4v) is 3.17. The minimum absolute atomic E-state index is 0.170. The van der Waals surface area contributed by atoms with E-state index in [1.54, 1.807) is 11.5 Å². The summed E-state index contributed by atoms with van der Waals surface area (Å²) in [5.74, 6) is -1.01. The van der Waals surface area contributed by atoms with Gasteiger partial charge in [-0.25, -0.2) is 9.78 Å². The van der Waals surface area contributed by atoms with Crippen molar-refractivity contribution in [2.45, 2.75) is 33.8 Å². The first-order chi connectivity index (χ1) is 12.3. The van der Waals surface area contributed by atoms with Gasteiger partial charge in [-0.2, -0.15) is 0 Å². The van der Waals surface area contributed by atoms with Crippen LogP contribution in [0.4, 0.5) is 10.8 Å². The van der Waals surface area contributed by atoms with Gasteiger partial charge in [0.25, 0.3) is 5.91 Å². The zero-order valence-corrected chi connectivity index (χ0v) is 16.2. The number of nitrogens with zero attached hydrogens (tertiary/aromatic N) is 1. The summed E-state index contributed by atoms with van der Waals surface area (Å²) in [4.78, 5) is 28.7. The maximum absolute atomic E-state index is 12.4. The van der Waals surface area contributed by atoms with Crippen molar-refractivity contribution in [2.75, 3.05) is 17.2 Å². The summed E-state index contributed by atoms with van der Waals surface area (Å²) in [5, 5.41) is 8.02. The van der Waals surface area contributed by atoms with Crippen LogP contribution in [0.5, 0.6) is 0 Å². The average Bonchev–Trinajstić information content (AvgIpc) is 3.04. The molecular weight excluding hydrogens is 350 g/mol. The van der Waals surface area contributed by atoms with Crippen molar-refractivity contribution in [2.24, 2.45) is 0 Å². The standard InChI is InChI=1S/C19H23N3O3S/c1-6-7-20-19-21-15(10-26-19)18(24)25-14(5)17(23)22-16-12(3)8-11(2)9-13(16)4/h6,8-10,14H,1,7H2,2-5H3,(H,20,21)(H,22,23)/t14-/m0/s1. The quantitative estimate of drug-likeness (QED) is 0.569. The van der Waals surface area contributed by atoms with E-state index in [-0.39, 0.29) is 11.6 Å². The van der Waals surface area contributed by atoms with E-state index in [1.807, 2.05) is 32.9 Å². The molecular formula is C19H23N3O3S. The SMILES string of the molecule is C=CCNc1nc(C(=O)O[C@@H](C)C(=O)Nc2c(C)cc(C)cc2C)cs1. The lowest BCUT2D eigenvalue weighted by atomic mass is 10.0. The number of rotatable bonds is 7. The second-order valence-electron chi connectivity index (χ2n) is 6.02. The van der Waals surface area contributed by atoms with E-state index in [0.29, 0.717) is 11.7 Å². The van der Waals surface area contributed by atoms with Gasteiger partial charge in [-0.05, 0) is 38.8 Å². The van der Waals surface area contributed by atoms with Crippen LogP contribution < -0.4 is 10.6 Å². The molecule has 7 heteroatoms. The van der Waals surface area contributed by atoms with Crippen molar-refractivity contribution in [1.82, 2.24) is 4.98 Å². The van der Waals surface area contributed by atoms with E-state index < -0.39 is 12.1 Å². The number of nitrogens with one attached hydrogen (secondary N) is 2. The maximum Gasteiger partial charge on any atom is 0.358 e. The Morgan fingerprint density at radius 1 is 1.31 bits per heavy atom. The fourth-order valence-electron chi connectivity index (χ4n) is 2.48. The van der Waals surface area contributed by atoms with Crippen LogP contribution >= 0.6 is 11.3 Å². The lowest BCUT2D eigenvalue weighted by Gasteiger charge is -2.16. The minimum Gasteiger partial charge on any atom is -0.448 e. The van der Waals surface area contributed by atoms with Crippen LogP contribution in [0.25, 0.3) is 0 Å². The molecule has 0 fully saturated rings. The van der Waals surface area contributed by atoms with Crippen LogP contribution in [0.1, 0.15) is 34.1 Å². The maximum atomic E-state index is 12.4. The Balaban J connectivity index is 1.99. The van der Waals surface area contributed by atoms with Crippen molar-refractivity contribution < 1.29 is 14.3 Å². The summed E-state index contributed by atoms with van der Waals surface area (Å²) in [6.45, 7) is 11.6. The van der Waals surface area contributed by atoms with Gasteiger partial charge in [-0.15, -0.1) is 17.9 Å². The number of aromatic nitrogens is 1. The molecule has 1 amide bonds. The summed E-state index contributed by atoms with van der Waals surface area (Å²) in [5.41, 5.74) is 3.97. The van der Waals surface area contributed by atoms with Gasteiger partial charge in [0.15, 0.2) is 16.9 Å². The smallest absolute Gasteiger partial charge is 0.358 e. The number of benzene rings is 1. The molecule has 0 bridgehead atoms. The molecule has 0 saturated heterocycles. The first kappa shape index (κ1) is 19.7. The fraction of sp³-hybridized carbons (Fsp3) is 0.316. The molecule has 2 aromatic rings. The summed E-state index contributed by atoms with van der Waals surface area (Å²) < 4.78 is 5.24. The molecule has 0 saturated carbocycles. The Kier molecular flexibility index (Phi) is 6.52. The normalized spacial score (nSPS) is 11.5. The number of carbonyl (C=O) groups excluding carboxylic acids is 2. The van der Waals surface area contributed by atoms with Crippen LogP contribution in [0, 0.1) is 20.8 Å². The lowest BCUT2D eigenvalue weighted by Crippen LogP contribution is -2.30. The number of aryl methyl sites for hydroxylation is 3. The number of hydrogen-bond donors (Lipinski definition) is 2. The number of anilines is 2. The third kappa shape index (κ3) is 4.92. The predicted molar refractivity (Wildman–Crippen MR) is 105 cm³/mol.